The highest BCUT2D eigenvalue weighted by Gasteiger charge is 2.05. The average molecular weight is 233 g/mol. The van der Waals surface area contributed by atoms with Gasteiger partial charge in [0.2, 0.25) is 0 Å². The molecule has 5 heteroatoms. The number of aromatic nitrogens is 1. The topological polar surface area (TPSA) is 69.3 Å². The van der Waals surface area contributed by atoms with Crippen LogP contribution in [-0.2, 0) is 16.2 Å². The lowest BCUT2D eigenvalue weighted by atomic mass is 10.2. The Bertz CT molecular complexity index is 534. The van der Waals surface area contributed by atoms with E-state index >= 15 is 0 Å². The van der Waals surface area contributed by atoms with Crippen molar-refractivity contribution in [3.63, 3.8) is 0 Å². The molecule has 1 aromatic carbocycles. The lowest BCUT2D eigenvalue weighted by molar-refractivity contribution is -0.151. The fraction of sp³-hybridized carbons (Fsp3) is 0.250. The number of nitrogens with one attached hydrogen (secondary N) is 1. The summed E-state index contributed by atoms with van der Waals surface area (Å²) in [7, 11) is 0. The number of nitrogens with two attached hydrogens (primary N) is 1. The predicted molar refractivity (Wildman–Crippen MR) is 64.7 cm³/mol. The molecule has 0 aliphatic carbocycles. The standard InChI is InChI=1S/C12H15N3O2/c1-9-2-3-11-10(8-9)4-6-15(11)7-5-12(16)17-14-13/h2-4,6,8,14H,5,7,13H2,1H3. The van der Waals surface area contributed by atoms with Crippen molar-refractivity contribution in [2.75, 3.05) is 0 Å². The number of nitrogens with zero attached hydrogens (tertiary/aromatic N) is 1. The van der Waals surface area contributed by atoms with E-state index in [4.69, 9.17) is 5.84 Å². The van der Waals surface area contributed by atoms with Gasteiger partial charge in [0.1, 0.15) is 0 Å². The fourth-order valence-corrected chi connectivity index (χ4v) is 1.84. The minimum atomic E-state index is -0.374. The molecule has 0 unspecified atom stereocenters. The second-order valence-corrected chi connectivity index (χ2v) is 3.91. The smallest absolute Gasteiger partial charge is 0.328 e. The van der Waals surface area contributed by atoms with Gasteiger partial charge in [-0.05, 0) is 30.5 Å². The van der Waals surface area contributed by atoms with Gasteiger partial charge in [0.05, 0.1) is 6.42 Å². The second kappa shape index (κ2) is 4.99. The van der Waals surface area contributed by atoms with Crippen molar-refractivity contribution in [3.8, 4) is 0 Å². The van der Waals surface area contributed by atoms with Crippen LogP contribution >= 0.6 is 0 Å². The first-order valence-corrected chi connectivity index (χ1v) is 5.41. The molecule has 3 N–H and O–H groups in total. The molecule has 0 atom stereocenters. The van der Waals surface area contributed by atoms with Crippen LogP contribution in [0.1, 0.15) is 12.0 Å². The van der Waals surface area contributed by atoms with E-state index < -0.39 is 0 Å². The van der Waals surface area contributed by atoms with Gasteiger partial charge in [-0.1, -0.05) is 17.2 Å². The molecular weight excluding hydrogens is 218 g/mol. The molecule has 2 rings (SSSR count). The molecule has 0 amide bonds. The minimum absolute atomic E-state index is 0.280. The molecule has 0 spiro atoms. The van der Waals surface area contributed by atoms with Crippen LogP contribution in [0.4, 0.5) is 0 Å². The molecule has 90 valence electrons. The van der Waals surface area contributed by atoms with E-state index in [1.54, 1.807) is 0 Å². The Morgan fingerprint density at radius 2 is 2.29 bits per heavy atom. The Labute approximate surface area is 99.1 Å². The summed E-state index contributed by atoms with van der Waals surface area (Å²) in [6.45, 7) is 2.63. The van der Waals surface area contributed by atoms with Gasteiger partial charge in [-0.15, -0.1) is 0 Å². The number of fused-ring (bicyclic) bond motifs is 1. The van der Waals surface area contributed by atoms with Gasteiger partial charge in [0.15, 0.2) is 0 Å². The molecule has 1 aromatic heterocycles. The number of hydrazine groups is 1. The van der Waals surface area contributed by atoms with Crippen LogP contribution in [0.3, 0.4) is 0 Å². The lowest BCUT2D eigenvalue weighted by Crippen LogP contribution is -2.26. The maximum atomic E-state index is 11.2. The van der Waals surface area contributed by atoms with Gasteiger partial charge in [0, 0.05) is 18.3 Å². The number of rotatable bonds is 4. The Morgan fingerprint density at radius 3 is 3.06 bits per heavy atom. The summed E-state index contributed by atoms with van der Waals surface area (Å²) >= 11 is 0. The van der Waals surface area contributed by atoms with Crippen molar-refractivity contribution in [2.45, 2.75) is 19.9 Å². The molecule has 1 heterocycles. The number of aryl methyl sites for hydroxylation is 2. The van der Waals surface area contributed by atoms with E-state index in [1.165, 1.54) is 10.9 Å². The average Bonchev–Trinajstić information content (AvgIpc) is 2.69. The van der Waals surface area contributed by atoms with E-state index in [0.717, 1.165) is 5.52 Å². The zero-order chi connectivity index (χ0) is 12.3. The van der Waals surface area contributed by atoms with E-state index in [-0.39, 0.29) is 12.4 Å². The molecule has 2 aromatic rings. The van der Waals surface area contributed by atoms with Gasteiger partial charge < -0.3 is 9.40 Å². The largest absolute Gasteiger partial charge is 0.356 e. The Morgan fingerprint density at radius 1 is 1.47 bits per heavy atom. The van der Waals surface area contributed by atoms with Crippen LogP contribution in [0.15, 0.2) is 30.5 Å². The van der Waals surface area contributed by atoms with Crippen LogP contribution < -0.4 is 11.4 Å². The Hall–Kier alpha value is -1.85. The maximum Gasteiger partial charge on any atom is 0.328 e. The number of hydrogen-bond donors (Lipinski definition) is 2. The number of carbonyl (C=O) groups excluding carboxylic acids is 1. The van der Waals surface area contributed by atoms with Crippen LogP contribution in [0.25, 0.3) is 10.9 Å². The zero-order valence-electron chi connectivity index (χ0n) is 9.64. The molecule has 0 aliphatic heterocycles. The lowest BCUT2D eigenvalue weighted by Gasteiger charge is -2.05. The van der Waals surface area contributed by atoms with Crippen LogP contribution in [0.2, 0.25) is 0 Å². The summed E-state index contributed by atoms with van der Waals surface area (Å²) in [6, 6.07) is 8.26. The van der Waals surface area contributed by atoms with E-state index in [2.05, 4.69) is 30.0 Å². The van der Waals surface area contributed by atoms with Crippen molar-refractivity contribution >= 4 is 16.9 Å². The number of benzene rings is 1. The molecule has 5 nitrogen and oxygen atoms in total. The SMILES string of the molecule is Cc1ccc2c(ccn2CCC(=O)ONN)c1. The third-order valence-corrected chi connectivity index (χ3v) is 2.66. The van der Waals surface area contributed by atoms with Crippen molar-refractivity contribution in [3.05, 3.63) is 36.0 Å². The quantitative estimate of drug-likeness (QED) is 0.616. The first kappa shape index (κ1) is 11.6. The highest BCUT2D eigenvalue weighted by molar-refractivity contribution is 5.81. The van der Waals surface area contributed by atoms with Crippen molar-refractivity contribution in [2.24, 2.45) is 5.84 Å². The van der Waals surface area contributed by atoms with Crippen molar-refractivity contribution in [1.29, 1.82) is 0 Å². The Kier molecular flexibility index (Phi) is 3.41. The molecule has 0 saturated heterocycles. The monoisotopic (exact) mass is 233 g/mol. The summed E-state index contributed by atoms with van der Waals surface area (Å²) in [6.07, 6.45) is 2.25. The molecular formula is C12H15N3O2. The summed E-state index contributed by atoms with van der Waals surface area (Å²) < 4.78 is 2.02. The fourth-order valence-electron chi connectivity index (χ4n) is 1.84. The number of hydrogen-bond acceptors (Lipinski definition) is 4. The summed E-state index contributed by atoms with van der Waals surface area (Å²) in [5.41, 5.74) is 4.22. The number of carbonyl (C=O) groups is 1. The summed E-state index contributed by atoms with van der Waals surface area (Å²) in [5.74, 6) is 4.51. The molecule has 0 radical (unpaired) electrons. The molecule has 0 saturated carbocycles. The summed E-state index contributed by atoms with van der Waals surface area (Å²) in [4.78, 5) is 15.6. The van der Waals surface area contributed by atoms with Gasteiger partial charge in [-0.3, -0.25) is 4.79 Å². The highest BCUT2D eigenvalue weighted by Crippen LogP contribution is 2.17. The maximum absolute atomic E-state index is 11.2. The van der Waals surface area contributed by atoms with Crippen molar-refractivity contribution < 1.29 is 9.63 Å². The third-order valence-electron chi connectivity index (χ3n) is 2.66. The zero-order valence-corrected chi connectivity index (χ0v) is 9.64. The van der Waals surface area contributed by atoms with E-state index in [1.807, 2.05) is 22.4 Å². The van der Waals surface area contributed by atoms with Gasteiger partial charge in [-0.25, -0.2) is 5.84 Å². The highest BCUT2D eigenvalue weighted by atomic mass is 16.7. The van der Waals surface area contributed by atoms with Crippen LogP contribution in [0.5, 0.6) is 0 Å². The van der Waals surface area contributed by atoms with E-state index in [0.29, 0.717) is 6.54 Å². The molecule has 17 heavy (non-hydrogen) atoms. The van der Waals surface area contributed by atoms with Crippen LogP contribution in [0, 0.1) is 6.92 Å². The van der Waals surface area contributed by atoms with Gasteiger partial charge in [0.25, 0.3) is 0 Å². The van der Waals surface area contributed by atoms with Crippen LogP contribution in [-0.4, -0.2) is 10.5 Å². The minimum Gasteiger partial charge on any atom is -0.356 e. The normalized spacial score (nSPS) is 10.7. The van der Waals surface area contributed by atoms with Gasteiger partial charge >= 0.3 is 5.97 Å². The van der Waals surface area contributed by atoms with Gasteiger partial charge in [-0.2, -0.15) is 0 Å². The van der Waals surface area contributed by atoms with Crippen molar-refractivity contribution in [1.82, 2.24) is 10.2 Å². The first-order valence-electron chi connectivity index (χ1n) is 5.41. The van der Waals surface area contributed by atoms with E-state index in [9.17, 15) is 4.79 Å². The predicted octanol–water partition coefficient (Wildman–Crippen LogP) is 1.26. The molecule has 0 aliphatic rings. The second-order valence-electron chi connectivity index (χ2n) is 3.91. The molecule has 0 fully saturated rings. The summed E-state index contributed by atoms with van der Waals surface area (Å²) in [5, 5.41) is 1.18. The third kappa shape index (κ3) is 2.64. The Balaban J connectivity index is 2.11. The molecule has 0 bridgehead atoms. The first-order chi connectivity index (χ1) is 8.20.